The first-order chi connectivity index (χ1) is 11.6. The van der Waals surface area contributed by atoms with Crippen molar-refractivity contribution in [1.29, 1.82) is 0 Å². The highest BCUT2D eigenvalue weighted by Crippen LogP contribution is 2.28. The fourth-order valence-corrected chi connectivity index (χ4v) is 3.49. The SMILES string of the molecule is Cc1ccc2c(c1)c(-c1nc(CC3CCN(C)CC3)no1)nn2C. The van der Waals surface area contributed by atoms with Crippen LogP contribution in [-0.2, 0) is 13.5 Å². The zero-order valence-electron chi connectivity index (χ0n) is 14.5. The van der Waals surface area contributed by atoms with Crippen molar-refractivity contribution in [2.45, 2.75) is 26.2 Å². The third-order valence-corrected chi connectivity index (χ3v) is 4.99. The molecular formula is C18H23N5O. The smallest absolute Gasteiger partial charge is 0.279 e. The lowest BCUT2D eigenvalue weighted by molar-refractivity contribution is 0.216. The number of benzene rings is 1. The van der Waals surface area contributed by atoms with Crippen molar-refractivity contribution in [3.05, 3.63) is 29.6 Å². The first-order valence-corrected chi connectivity index (χ1v) is 8.55. The highest BCUT2D eigenvalue weighted by Gasteiger charge is 2.21. The minimum absolute atomic E-state index is 0.522. The second-order valence-electron chi connectivity index (χ2n) is 6.96. The summed E-state index contributed by atoms with van der Waals surface area (Å²) < 4.78 is 7.39. The Morgan fingerprint density at radius 1 is 1.21 bits per heavy atom. The Morgan fingerprint density at radius 2 is 2.00 bits per heavy atom. The van der Waals surface area contributed by atoms with E-state index in [0.717, 1.165) is 41.9 Å². The molecule has 0 aliphatic carbocycles. The lowest BCUT2D eigenvalue weighted by Gasteiger charge is -2.27. The predicted molar refractivity (Wildman–Crippen MR) is 92.7 cm³/mol. The fraction of sp³-hybridized carbons (Fsp3) is 0.500. The van der Waals surface area contributed by atoms with Gasteiger partial charge >= 0.3 is 0 Å². The van der Waals surface area contributed by atoms with Crippen molar-refractivity contribution in [3.8, 4) is 11.6 Å². The van der Waals surface area contributed by atoms with Gasteiger partial charge < -0.3 is 9.42 Å². The van der Waals surface area contributed by atoms with E-state index in [1.807, 2.05) is 11.7 Å². The Balaban J connectivity index is 1.60. The molecule has 0 bridgehead atoms. The van der Waals surface area contributed by atoms with Crippen molar-refractivity contribution >= 4 is 10.9 Å². The molecule has 1 aliphatic heterocycles. The van der Waals surface area contributed by atoms with Gasteiger partial charge in [0.2, 0.25) is 0 Å². The van der Waals surface area contributed by atoms with Gasteiger partial charge in [0.15, 0.2) is 11.5 Å². The quantitative estimate of drug-likeness (QED) is 0.741. The third kappa shape index (κ3) is 2.82. The minimum Gasteiger partial charge on any atom is -0.332 e. The normalized spacial score (nSPS) is 17.0. The molecule has 1 aliphatic rings. The summed E-state index contributed by atoms with van der Waals surface area (Å²) in [6.07, 6.45) is 3.29. The van der Waals surface area contributed by atoms with Crippen molar-refractivity contribution < 1.29 is 4.52 Å². The van der Waals surface area contributed by atoms with Crippen LogP contribution in [0.1, 0.15) is 24.2 Å². The van der Waals surface area contributed by atoms with E-state index in [1.165, 1.54) is 18.4 Å². The molecule has 0 unspecified atom stereocenters. The highest BCUT2D eigenvalue weighted by molar-refractivity contribution is 5.91. The van der Waals surface area contributed by atoms with E-state index in [0.29, 0.717) is 11.8 Å². The molecule has 1 saturated heterocycles. The Morgan fingerprint density at radius 3 is 2.79 bits per heavy atom. The van der Waals surface area contributed by atoms with E-state index < -0.39 is 0 Å². The summed E-state index contributed by atoms with van der Waals surface area (Å²) in [6, 6.07) is 6.29. The number of aryl methyl sites for hydroxylation is 2. The van der Waals surface area contributed by atoms with Gasteiger partial charge in [-0.3, -0.25) is 4.68 Å². The molecule has 4 rings (SSSR count). The van der Waals surface area contributed by atoms with Gasteiger partial charge in [0.1, 0.15) is 0 Å². The lowest BCUT2D eigenvalue weighted by atomic mass is 9.94. The molecule has 6 nitrogen and oxygen atoms in total. The van der Waals surface area contributed by atoms with Crippen LogP contribution in [0.3, 0.4) is 0 Å². The van der Waals surface area contributed by atoms with Crippen LogP contribution >= 0.6 is 0 Å². The van der Waals surface area contributed by atoms with Crippen molar-refractivity contribution in [1.82, 2.24) is 24.8 Å². The van der Waals surface area contributed by atoms with Crippen LogP contribution in [0.5, 0.6) is 0 Å². The Kier molecular flexibility index (Phi) is 3.84. The zero-order valence-corrected chi connectivity index (χ0v) is 14.5. The summed E-state index contributed by atoms with van der Waals surface area (Å²) in [7, 11) is 4.12. The molecule has 0 N–H and O–H groups in total. The average Bonchev–Trinajstić information content (AvgIpc) is 3.14. The summed E-state index contributed by atoms with van der Waals surface area (Å²) in [6.45, 7) is 4.38. The van der Waals surface area contributed by atoms with Gasteiger partial charge in [0.25, 0.3) is 5.89 Å². The molecule has 2 aromatic heterocycles. The second-order valence-corrected chi connectivity index (χ2v) is 6.96. The second kappa shape index (κ2) is 6.02. The first kappa shape index (κ1) is 15.3. The van der Waals surface area contributed by atoms with Crippen LogP contribution in [0, 0.1) is 12.8 Å². The van der Waals surface area contributed by atoms with E-state index in [1.54, 1.807) is 0 Å². The van der Waals surface area contributed by atoms with Crippen LogP contribution in [-0.4, -0.2) is 45.0 Å². The van der Waals surface area contributed by atoms with Crippen LogP contribution in [0.25, 0.3) is 22.5 Å². The maximum atomic E-state index is 5.53. The number of hydrogen-bond donors (Lipinski definition) is 0. The Bertz CT molecular complexity index is 858. The molecule has 126 valence electrons. The number of fused-ring (bicyclic) bond motifs is 1. The van der Waals surface area contributed by atoms with Crippen molar-refractivity contribution in [2.24, 2.45) is 13.0 Å². The molecule has 24 heavy (non-hydrogen) atoms. The molecule has 0 radical (unpaired) electrons. The van der Waals surface area contributed by atoms with E-state index in [9.17, 15) is 0 Å². The van der Waals surface area contributed by atoms with E-state index in [-0.39, 0.29) is 0 Å². The number of likely N-dealkylation sites (tertiary alicyclic amines) is 1. The predicted octanol–water partition coefficient (Wildman–Crippen LogP) is 2.82. The van der Waals surface area contributed by atoms with E-state index >= 15 is 0 Å². The topological polar surface area (TPSA) is 60.0 Å². The summed E-state index contributed by atoms with van der Waals surface area (Å²) in [5, 5.41) is 9.84. The van der Waals surface area contributed by atoms with Crippen molar-refractivity contribution in [3.63, 3.8) is 0 Å². The summed E-state index contributed by atoms with van der Waals surface area (Å²) >= 11 is 0. The Labute approximate surface area is 141 Å². The van der Waals surface area contributed by atoms with Crippen LogP contribution in [0.15, 0.2) is 22.7 Å². The molecule has 3 aromatic rings. The van der Waals surface area contributed by atoms with Gasteiger partial charge in [0.05, 0.1) is 5.52 Å². The summed E-state index contributed by atoms with van der Waals surface area (Å²) in [5.74, 6) is 1.97. The van der Waals surface area contributed by atoms with Gasteiger partial charge in [-0.15, -0.1) is 0 Å². The Hall–Kier alpha value is -2.21. The van der Waals surface area contributed by atoms with E-state index in [4.69, 9.17) is 4.52 Å². The molecule has 0 spiro atoms. The highest BCUT2D eigenvalue weighted by atomic mass is 16.5. The van der Waals surface area contributed by atoms with Gasteiger partial charge in [-0.25, -0.2) is 0 Å². The third-order valence-electron chi connectivity index (χ3n) is 4.99. The summed E-state index contributed by atoms with van der Waals surface area (Å²) in [4.78, 5) is 7.00. The van der Waals surface area contributed by atoms with Crippen molar-refractivity contribution in [2.75, 3.05) is 20.1 Å². The molecule has 3 heterocycles. The molecule has 0 atom stereocenters. The molecular weight excluding hydrogens is 302 g/mol. The number of rotatable bonds is 3. The monoisotopic (exact) mass is 325 g/mol. The van der Waals surface area contributed by atoms with Crippen LogP contribution in [0.4, 0.5) is 0 Å². The number of piperidine rings is 1. The molecule has 6 heteroatoms. The van der Waals surface area contributed by atoms with Gasteiger partial charge in [0, 0.05) is 18.9 Å². The zero-order chi connectivity index (χ0) is 16.7. The minimum atomic E-state index is 0.522. The molecule has 1 fully saturated rings. The average molecular weight is 325 g/mol. The van der Waals surface area contributed by atoms with Crippen LogP contribution < -0.4 is 0 Å². The van der Waals surface area contributed by atoms with Gasteiger partial charge in [-0.05, 0) is 58.0 Å². The standard InChI is InChI=1S/C18H23N5O/c1-12-4-5-15-14(10-12)17(20-23(15)3)18-19-16(21-24-18)11-13-6-8-22(2)9-7-13/h4-5,10,13H,6-9,11H2,1-3H3. The largest absolute Gasteiger partial charge is 0.332 e. The van der Waals surface area contributed by atoms with Gasteiger partial charge in [-0.1, -0.05) is 16.8 Å². The van der Waals surface area contributed by atoms with E-state index in [2.05, 4.69) is 52.3 Å². The molecule has 0 amide bonds. The van der Waals surface area contributed by atoms with Crippen LogP contribution in [0.2, 0.25) is 0 Å². The van der Waals surface area contributed by atoms with Gasteiger partial charge in [-0.2, -0.15) is 10.1 Å². The fourth-order valence-electron chi connectivity index (χ4n) is 3.49. The maximum absolute atomic E-state index is 5.53. The number of hydrogen-bond acceptors (Lipinski definition) is 5. The first-order valence-electron chi connectivity index (χ1n) is 8.55. The lowest BCUT2D eigenvalue weighted by Crippen LogP contribution is -2.31. The number of nitrogens with zero attached hydrogens (tertiary/aromatic N) is 5. The molecule has 0 saturated carbocycles. The number of aromatic nitrogens is 4. The summed E-state index contributed by atoms with van der Waals surface area (Å²) in [5.41, 5.74) is 3.05. The maximum Gasteiger partial charge on any atom is 0.279 e. The molecule has 1 aromatic carbocycles.